The topological polar surface area (TPSA) is 47.8 Å². The molecule has 0 unspecified atom stereocenters. The minimum atomic E-state index is -0.113. The van der Waals surface area contributed by atoms with Crippen molar-refractivity contribution in [2.45, 2.75) is 6.92 Å². The van der Waals surface area contributed by atoms with E-state index in [0.717, 1.165) is 27.5 Å². The van der Waals surface area contributed by atoms with Crippen LogP contribution in [0.15, 0.2) is 35.1 Å². The van der Waals surface area contributed by atoms with Crippen molar-refractivity contribution in [2.75, 3.05) is 0 Å². The smallest absolute Gasteiger partial charge is 0.267 e. The van der Waals surface area contributed by atoms with E-state index < -0.39 is 0 Å². The van der Waals surface area contributed by atoms with Crippen molar-refractivity contribution in [1.82, 2.24) is 14.8 Å². The number of aromatic nitrogens is 3. The van der Waals surface area contributed by atoms with Crippen molar-refractivity contribution in [3.63, 3.8) is 0 Å². The third kappa shape index (κ3) is 1.41. The molecule has 0 saturated carbocycles. The van der Waals surface area contributed by atoms with Crippen LogP contribution in [0.25, 0.3) is 21.8 Å². The molecule has 0 spiro atoms. The van der Waals surface area contributed by atoms with Gasteiger partial charge < -0.3 is 0 Å². The Morgan fingerprint density at radius 1 is 1.18 bits per heavy atom. The number of benzene rings is 1. The van der Waals surface area contributed by atoms with E-state index in [9.17, 15) is 4.79 Å². The largest absolute Gasteiger partial charge is 0.268 e. The van der Waals surface area contributed by atoms with Crippen LogP contribution in [0, 0.1) is 6.92 Å². The van der Waals surface area contributed by atoms with Crippen LogP contribution >= 0.6 is 0 Å². The van der Waals surface area contributed by atoms with Gasteiger partial charge in [0.25, 0.3) is 5.56 Å². The SMILES string of the molecule is Cc1nc2ccccc2c2nn(C)c(=O)cc12. The number of hydrogen-bond acceptors (Lipinski definition) is 3. The highest BCUT2D eigenvalue weighted by molar-refractivity contribution is 6.03. The Balaban J connectivity index is 2.65. The fraction of sp³-hybridized carbons (Fsp3) is 0.154. The van der Waals surface area contributed by atoms with Crippen LogP contribution in [-0.4, -0.2) is 14.8 Å². The zero-order chi connectivity index (χ0) is 12.0. The standard InChI is InChI=1S/C13H11N3O/c1-8-10-7-12(17)16(2)15-13(10)9-5-3-4-6-11(9)14-8/h3-7H,1-2H3. The van der Waals surface area contributed by atoms with E-state index >= 15 is 0 Å². The Morgan fingerprint density at radius 2 is 1.94 bits per heavy atom. The molecule has 4 nitrogen and oxygen atoms in total. The van der Waals surface area contributed by atoms with Crippen LogP contribution in [0.1, 0.15) is 5.69 Å². The average molecular weight is 225 g/mol. The van der Waals surface area contributed by atoms with Crippen molar-refractivity contribution < 1.29 is 0 Å². The average Bonchev–Trinajstić information content (AvgIpc) is 2.32. The summed E-state index contributed by atoms with van der Waals surface area (Å²) < 4.78 is 1.36. The molecule has 0 N–H and O–H groups in total. The Hall–Kier alpha value is -2.23. The Bertz CT molecular complexity index is 790. The summed E-state index contributed by atoms with van der Waals surface area (Å²) >= 11 is 0. The maximum Gasteiger partial charge on any atom is 0.267 e. The molecule has 2 aromatic heterocycles. The van der Waals surface area contributed by atoms with Gasteiger partial charge in [-0.15, -0.1) is 0 Å². The molecular formula is C13H11N3O. The van der Waals surface area contributed by atoms with Gasteiger partial charge in [0.05, 0.1) is 5.52 Å². The van der Waals surface area contributed by atoms with E-state index in [1.807, 2.05) is 31.2 Å². The summed E-state index contributed by atoms with van der Waals surface area (Å²) in [6, 6.07) is 9.42. The molecule has 17 heavy (non-hydrogen) atoms. The summed E-state index contributed by atoms with van der Waals surface area (Å²) in [6.07, 6.45) is 0. The summed E-state index contributed by atoms with van der Waals surface area (Å²) in [5, 5.41) is 6.13. The Kier molecular flexibility index (Phi) is 1.98. The summed E-state index contributed by atoms with van der Waals surface area (Å²) in [4.78, 5) is 16.1. The molecule has 4 heteroatoms. The normalized spacial score (nSPS) is 11.2. The molecular weight excluding hydrogens is 214 g/mol. The first-order chi connectivity index (χ1) is 8.16. The van der Waals surface area contributed by atoms with Crippen LogP contribution in [-0.2, 0) is 7.05 Å². The van der Waals surface area contributed by atoms with Crippen molar-refractivity contribution in [1.29, 1.82) is 0 Å². The monoisotopic (exact) mass is 225 g/mol. The fourth-order valence-electron chi connectivity index (χ4n) is 2.03. The van der Waals surface area contributed by atoms with Crippen LogP contribution in [0.2, 0.25) is 0 Å². The Morgan fingerprint density at radius 3 is 2.76 bits per heavy atom. The van der Waals surface area contributed by atoms with Gasteiger partial charge in [-0.1, -0.05) is 18.2 Å². The fourth-order valence-corrected chi connectivity index (χ4v) is 2.03. The zero-order valence-electron chi connectivity index (χ0n) is 9.64. The summed E-state index contributed by atoms with van der Waals surface area (Å²) in [5.41, 5.74) is 2.46. The first-order valence-corrected chi connectivity index (χ1v) is 5.40. The molecule has 0 radical (unpaired) electrons. The molecule has 0 saturated heterocycles. The van der Waals surface area contributed by atoms with E-state index in [2.05, 4.69) is 10.1 Å². The molecule has 0 atom stereocenters. The molecule has 1 aromatic carbocycles. The van der Waals surface area contributed by atoms with Crippen molar-refractivity contribution >= 4 is 21.8 Å². The number of para-hydroxylation sites is 1. The van der Waals surface area contributed by atoms with Gasteiger partial charge in [-0.25, -0.2) is 4.68 Å². The zero-order valence-corrected chi connectivity index (χ0v) is 9.64. The van der Waals surface area contributed by atoms with E-state index in [-0.39, 0.29) is 5.56 Å². The third-order valence-electron chi connectivity index (χ3n) is 2.93. The number of fused-ring (bicyclic) bond motifs is 3. The molecule has 84 valence electrons. The van der Waals surface area contributed by atoms with E-state index in [4.69, 9.17) is 0 Å². The predicted molar refractivity (Wildman–Crippen MR) is 67.0 cm³/mol. The highest BCUT2D eigenvalue weighted by atomic mass is 16.1. The second-order valence-electron chi connectivity index (χ2n) is 4.08. The molecule has 0 aliphatic carbocycles. The molecule has 3 rings (SSSR count). The van der Waals surface area contributed by atoms with Crippen LogP contribution in [0.5, 0.6) is 0 Å². The van der Waals surface area contributed by atoms with E-state index in [0.29, 0.717) is 0 Å². The number of rotatable bonds is 0. The molecule has 2 heterocycles. The van der Waals surface area contributed by atoms with Crippen LogP contribution < -0.4 is 5.56 Å². The number of nitrogens with zero attached hydrogens (tertiary/aromatic N) is 3. The van der Waals surface area contributed by atoms with Crippen LogP contribution in [0.3, 0.4) is 0 Å². The van der Waals surface area contributed by atoms with Gasteiger partial charge in [-0.3, -0.25) is 9.78 Å². The minimum Gasteiger partial charge on any atom is -0.268 e. The summed E-state index contributed by atoms with van der Waals surface area (Å²) in [5.74, 6) is 0. The second kappa shape index (κ2) is 3.38. The predicted octanol–water partition coefficient (Wildman–Crippen LogP) is 1.79. The minimum absolute atomic E-state index is 0.113. The molecule has 0 bridgehead atoms. The maximum absolute atomic E-state index is 11.6. The third-order valence-corrected chi connectivity index (χ3v) is 2.93. The van der Waals surface area contributed by atoms with Gasteiger partial charge in [0.2, 0.25) is 0 Å². The lowest BCUT2D eigenvalue weighted by atomic mass is 10.1. The van der Waals surface area contributed by atoms with Gasteiger partial charge in [0.1, 0.15) is 5.52 Å². The highest BCUT2D eigenvalue weighted by Crippen LogP contribution is 2.22. The first-order valence-electron chi connectivity index (χ1n) is 5.40. The van der Waals surface area contributed by atoms with Gasteiger partial charge in [0.15, 0.2) is 0 Å². The van der Waals surface area contributed by atoms with E-state index in [1.165, 1.54) is 4.68 Å². The van der Waals surface area contributed by atoms with Crippen molar-refractivity contribution in [2.24, 2.45) is 7.05 Å². The van der Waals surface area contributed by atoms with E-state index in [1.54, 1.807) is 13.1 Å². The molecule has 0 fully saturated rings. The van der Waals surface area contributed by atoms with Crippen LogP contribution in [0.4, 0.5) is 0 Å². The lowest BCUT2D eigenvalue weighted by Gasteiger charge is -2.06. The van der Waals surface area contributed by atoms with Crippen molar-refractivity contribution in [3.05, 3.63) is 46.4 Å². The highest BCUT2D eigenvalue weighted by Gasteiger charge is 2.08. The number of hydrogen-bond donors (Lipinski definition) is 0. The van der Waals surface area contributed by atoms with Crippen molar-refractivity contribution in [3.8, 4) is 0 Å². The Labute approximate surface area is 97.5 Å². The molecule has 3 aromatic rings. The number of aryl methyl sites for hydroxylation is 2. The lowest BCUT2D eigenvalue weighted by Crippen LogP contribution is -2.18. The van der Waals surface area contributed by atoms with Gasteiger partial charge >= 0.3 is 0 Å². The first kappa shape index (κ1) is 9.96. The lowest BCUT2D eigenvalue weighted by molar-refractivity contribution is 0.727. The van der Waals surface area contributed by atoms with Gasteiger partial charge in [-0.2, -0.15) is 5.10 Å². The van der Waals surface area contributed by atoms with Gasteiger partial charge in [0, 0.05) is 29.6 Å². The molecule has 0 aliphatic heterocycles. The number of pyridine rings is 1. The van der Waals surface area contributed by atoms with Gasteiger partial charge in [-0.05, 0) is 13.0 Å². The maximum atomic E-state index is 11.6. The second-order valence-corrected chi connectivity index (χ2v) is 4.08. The molecule has 0 aliphatic rings. The summed E-state index contributed by atoms with van der Waals surface area (Å²) in [6.45, 7) is 1.90. The quantitative estimate of drug-likeness (QED) is 0.548. The molecule has 0 amide bonds. The summed E-state index contributed by atoms with van der Waals surface area (Å²) in [7, 11) is 1.66.